The monoisotopic (exact) mass is 494 g/mol. The van der Waals surface area contributed by atoms with Crippen LogP contribution in [0.3, 0.4) is 0 Å². The van der Waals surface area contributed by atoms with Gasteiger partial charge in [-0.3, -0.25) is 0 Å². The minimum atomic E-state index is -4.50. The summed E-state index contributed by atoms with van der Waals surface area (Å²) in [6.07, 6.45) is -3.44. The van der Waals surface area contributed by atoms with Crippen LogP contribution in [0.2, 0.25) is 0 Å². The molecular formula is C26H29F3O6. The third-order valence-corrected chi connectivity index (χ3v) is 7.01. The van der Waals surface area contributed by atoms with E-state index in [0.29, 0.717) is 18.4 Å². The maximum absolute atomic E-state index is 13.0. The smallest absolute Gasteiger partial charge is 0.416 e. The summed E-state index contributed by atoms with van der Waals surface area (Å²) in [7, 11) is 0. The Balaban J connectivity index is 1.64. The van der Waals surface area contributed by atoms with Gasteiger partial charge in [-0.05, 0) is 63.3 Å². The zero-order valence-electron chi connectivity index (χ0n) is 19.9. The van der Waals surface area contributed by atoms with E-state index in [1.54, 1.807) is 6.92 Å². The standard InChI is InChI=1S/C26H29F3O6/c1-5-32-24(31)20(16-8-10-17(11-9-16)26(27,28)29)33-19-13-18-15(3)23(30)34-21(18)22-25(4,35-22)12-6-7-14(19)2/h7-11,18-22H,3,5-6,12-13H2,1-2,4H3/b14-7+/t18-,19-,20?,21-,22-,25+/m0/s1. The Labute approximate surface area is 202 Å². The number of benzene rings is 1. The van der Waals surface area contributed by atoms with Crippen LogP contribution in [0.4, 0.5) is 13.2 Å². The van der Waals surface area contributed by atoms with Gasteiger partial charge < -0.3 is 18.9 Å². The molecule has 9 heteroatoms. The molecule has 35 heavy (non-hydrogen) atoms. The van der Waals surface area contributed by atoms with Gasteiger partial charge >= 0.3 is 18.1 Å². The normalized spacial score (nSPS) is 33.0. The van der Waals surface area contributed by atoms with Crippen LogP contribution >= 0.6 is 0 Å². The van der Waals surface area contributed by atoms with E-state index in [1.165, 1.54) is 12.1 Å². The first-order valence-electron chi connectivity index (χ1n) is 11.7. The fraction of sp³-hybridized carbons (Fsp3) is 0.538. The van der Waals surface area contributed by atoms with E-state index in [4.69, 9.17) is 18.9 Å². The highest BCUT2D eigenvalue weighted by atomic mass is 19.4. The van der Waals surface area contributed by atoms with Gasteiger partial charge in [-0.1, -0.05) is 24.8 Å². The zero-order chi connectivity index (χ0) is 25.5. The number of carbonyl (C=O) groups is 2. The lowest BCUT2D eigenvalue weighted by Gasteiger charge is -2.29. The van der Waals surface area contributed by atoms with Crippen molar-refractivity contribution in [2.75, 3.05) is 6.61 Å². The van der Waals surface area contributed by atoms with E-state index in [-0.39, 0.29) is 23.9 Å². The van der Waals surface area contributed by atoms with E-state index < -0.39 is 47.9 Å². The number of hydrogen-bond donors (Lipinski definition) is 0. The van der Waals surface area contributed by atoms with Crippen LogP contribution in [0.1, 0.15) is 57.3 Å². The molecule has 2 aliphatic heterocycles. The number of allylic oxidation sites excluding steroid dienone is 1. The summed E-state index contributed by atoms with van der Waals surface area (Å²) < 4.78 is 62.1. The van der Waals surface area contributed by atoms with Gasteiger partial charge in [0.05, 0.1) is 23.9 Å². The SMILES string of the molecule is C=C1C(=O)O[C@H]2[C@H]1C[C@H](OC(C(=O)OCC)c1ccc(C(F)(F)F)cc1)/C(C)=C/CC[C@@]1(C)O[C@@H]21. The molecule has 0 amide bonds. The lowest BCUT2D eigenvalue weighted by molar-refractivity contribution is -0.160. The van der Waals surface area contributed by atoms with Crippen molar-refractivity contribution in [3.63, 3.8) is 0 Å². The van der Waals surface area contributed by atoms with E-state index in [9.17, 15) is 22.8 Å². The minimum absolute atomic E-state index is 0.0836. The topological polar surface area (TPSA) is 74.4 Å². The summed E-state index contributed by atoms with van der Waals surface area (Å²) in [6.45, 7) is 9.49. The fourth-order valence-electron chi connectivity index (χ4n) is 4.85. The Morgan fingerprint density at radius 1 is 1.29 bits per heavy atom. The lowest BCUT2D eigenvalue weighted by atomic mass is 9.83. The first kappa shape index (κ1) is 25.4. The molecule has 0 aromatic heterocycles. The van der Waals surface area contributed by atoms with Gasteiger partial charge in [0.25, 0.3) is 0 Å². The summed E-state index contributed by atoms with van der Waals surface area (Å²) in [4.78, 5) is 25.2. The number of alkyl halides is 3. The van der Waals surface area contributed by atoms with Crippen LogP contribution in [0, 0.1) is 5.92 Å². The summed E-state index contributed by atoms with van der Waals surface area (Å²) in [5, 5.41) is 0. The maximum Gasteiger partial charge on any atom is 0.416 e. The van der Waals surface area contributed by atoms with Crippen molar-refractivity contribution in [2.45, 2.75) is 76.2 Å². The number of halogens is 3. The number of rotatable bonds is 5. The maximum atomic E-state index is 13.0. The number of hydrogen-bond acceptors (Lipinski definition) is 6. The van der Waals surface area contributed by atoms with Crippen LogP contribution < -0.4 is 0 Å². The molecule has 0 radical (unpaired) electrons. The highest BCUT2D eigenvalue weighted by Gasteiger charge is 2.62. The van der Waals surface area contributed by atoms with Crippen molar-refractivity contribution in [1.29, 1.82) is 0 Å². The van der Waals surface area contributed by atoms with Gasteiger partial charge in [0, 0.05) is 11.5 Å². The predicted molar refractivity (Wildman–Crippen MR) is 119 cm³/mol. The quantitative estimate of drug-likeness (QED) is 0.246. The highest BCUT2D eigenvalue weighted by Crippen LogP contribution is 2.50. The van der Waals surface area contributed by atoms with Crippen molar-refractivity contribution < 1.29 is 41.7 Å². The highest BCUT2D eigenvalue weighted by molar-refractivity contribution is 5.91. The van der Waals surface area contributed by atoms with E-state index in [2.05, 4.69) is 6.58 Å². The fourth-order valence-corrected chi connectivity index (χ4v) is 4.85. The van der Waals surface area contributed by atoms with Gasteiger partial charge in [-0.15, -0.1) is 0 Å². The molecule has 190 valence electrons. The molecule has 4 rings (SSSR count). The van der Waals surface area contributed by atoms with Gasteiger partial charge in [0.1, 0.15) is 12.2 Å². The summed E-state index contributed by atoms with van der Waals surface area (Å²) in [6, 6.07) is 4.26. The summed E-state index contributed by atoms with van der Waals surface area (Å²) in [5.41, 5.74) is 0.184. The van der Waals surface area contributed by atoms with Crippen LogP contribution in [0.15, 0.2) is 48.1 Å². The molecule has 1 aliphatic carbocycles. The predicted octanol–water partition coefficient (Wildman–Crippen LogP) is 5.08. The summed E-state index contributed by atoms with van der Waals surface area (Å²) >= 11 is 0. The second-order valence-corrected chi connectivity index (χ2v) is 9.45. The molecule has 0 bridgehead atoms. The number of esters is 2. The molecule has 1 aromatic carbocycles. The lowest BCUT2D eigenvalue weighted by Crippen LogP contribution is -2.34. The molecule has 2 saturated heterocycles. The zero-order valence-corrected chi connectivity index (χ0v) is 19.9. The molecule has 1 unspecified atom stereocenters. The first-order valence-corrected chi connectivity index (χ1v) is 11.7. The number of fused-ring (bicyclic) bond motifs is 3. The average molecular weight is 495 g/mol. The average Bonchev–Trinajstić information content (AvgIpc) is 3.38. The molecule has 6 nitrogen and oxygen atoms in total. The van der Waals surface area contributed by atoms with E-state index >= 15 is 0 Å². The van der Waals surface area contributed by atoms with Crippen molar-refractivity contribution in [1.82, 2.24) is 0 Å². The molecule has 1 aromatic rings. The van der Waals surface area contributed by atoms with Crippen LogP contribution in [0.25, 0.3) is 0 Å². The Hall–Kier alpha value is -2.65. The van der Waals surface area contributed by atoms with Crippen LogP contribution in [-0.4, -0.2) is 42.5 Å². The molecule has 2 heterocycles. The van der Waals surface area contributed by atoms with Crippen molar-refractivity contribution in [3.8, 4) is 0 Å². The third-order valence-electron chi connectivity index (χ3n) is 7.01. The molecule has 3 aliphatic rings. The molecule has 6 atom stereocenters. The molecule has 2 fully saturated rings. The second-order valence-electron chi connectivity index (χ2n) is 9.45. The minimum Gasteiger partial charge on any atom is -0.464 e. The number of ether oxygens (including phenoxy) is 4. The molecular weight excluding hydrogens is 465 g/mol. The van der Waals surface area contributed by atoms with Gasteiger partial charge in [-0.25, -0.2) is 9.59 Å². The Bertz CT molecular complexity index is 1030. The van der Waals surface area contributed by atoms with Crippen LogP contribution in [-0.2, 0) is 34.7 Å². The Morgan fingerprint density at radius 2 is 1.97 bits per heavy atom. The second kappa shape index (κ2) is 9.43. The largest absolute Gasteiger partial charge is 0.464 e. The van der Waals surface area contributed by atoms with Crippen molar-refractivity contribution >= 4 is 11.9 Å². The van der Waals surface area contributed by atoms with Gasteiger partial charge in [-0.2, -0.15) is 13.2 Å². The number of epoxide rings is 1. The first-order chi connectivity index (χ1) is 16.4. The van der Waals surface area contributed by atoms with E-state index in [0.717, 1.165) is 24.1 Å². The van der Waals surface area contributed by atoms with Crippen molar-refractivity contribution in [3.05, 3.63) is 59.2 Å². The molecule has 0 N–H and O–H groups in total. The number of carbonyl (C=O) groups excluding carboxylic acids is 2. The molecule has 0 saturated carbocycles. The van der Waals surface area contributed by atoms with Gasteiger partial charge in [0.15, 0.2) is 6.10 Å². The Morgan fingerprint density at radius 3 is 2.60 bits per heavy atom. The van der Waals surface area contributed by atoms with Crippen LogP contribution in [0.5, 0.6) is 0 Å². The third kappa shape index (κ3) is 5.16. The summed E-state index contributed by atoms with van der Waals surface area (Å²) in [5.74, 6) is -1.58. The van der Waals surface area contributed by atoms with Gasteiger partial charge in [0.2, 0.25) is 0 Å². The van der Waals surface area contributed by atoms with Crippen molar-refractivity contribution in [2.24, 2.45) is 5.92 Å². The van der Waals surface area contributed by atoms with E-state index in [1.807, 2.05) is 19.9 Å². The molecule has 0 spiro atoms. The Kier molecular flexibility index (Phi) is 6.85.